The fourth-order valence-corrected chi connectivity index (χ4v) is 2.77. The third-order valence-corrected chi connectivity index (χ3v) is 3.90. The van der Waals surface area contributed by atoms with Crippen LogP contribution in [0.4, 0.5) is 16.0 Å². The minimum absolute atomic E-state index is 0.117. The van der Waals surface area contributed by atoms with Gasteiger partial charge in [0.1, 0.15) is 0 Å². The lowest BCUT2D eigenvalue weighted by Gasteiger charge is -2.09. The molecule has 1 N–H and O–H groups in total. The molecule has 0 saturated carbocycles. The van der Waals surface area contributed by atoms with Crippen molar-refractivity contribution in [1.82, 2.24) is 20.2 Å². The number of nitrogens with one attached hydrogen (secondary N) is 1. The van der Waals surface area contributed by atoms with Crippen LogP contribution < -0.4 is 5.32 Å². The van der Waals surface area contributed by atoms with E-state index in [0.717, 1.165) is 23.5 Å². The monoisotopic (exact) mass is 361 g/mol. The van der Waals surface area contributed by atoms with Gasteiger partial charge in [0.25, 0.3) is 5.89 Å². The molecule has 0 spiro atoms. The van der Waals surface area contributed by atoms with Crippen LogP contribution >= 0.6 is 0 Å². The molecule has 0 atom stereocenters. The Hall–Kier alpha value is -3.61. The van der Waals surface area contributed by atoms with E-state index in [-0.39, 0.29) is 5.89 Å². The van der Waals surface area contributed by atoms with E-state index in [0.29, 0.717) is 11.5 Å². The summed E-state index contributed by atoms with van der Waals surface area (Å²) in [6, 6.07) is 19.3. The number of hydrogen-bond acceptors (Lipinski definition) is 6. The smallest absolute Gasteiger partial charge is 0.395 e. The van der Waals surface area contributed by atoms with Crippen molar-refractivity contribution in [3.05, 3.63) is 83.8 Å². The van der Waals surface area contributed by atoms with E-state index in [1.807, 2.05) is 37.3 Å². The van der Waals surface area contributed by atoms with E-state index in [1.54, 1.807) is 18.2 Å². The van der Waals surface area contributed by atoms with Crippen molar-refractivity contribution >= 4 is 11.6 Å². The van der Waals surface area contributed by atoms with Gasteiger partial charge < -0.3 is 9.73 Å². The first kappa shape index (κ1) is 16.8. The Kier molecular flexibility index (Phi) is 4.57. The number of anilines is 2. The highest BCUT2D eigenvalue weighted by molar-refractivity contribution is 5.64. The van der Waals surface area contributed by atoms with Crippen molar-refractivity contribution < 1.29 is 8.81 Å². The first-order valence-corrected chi connectivity index (χ1v) is 8.41. The molecule has 0 amide bonds. The molecule has 0 aliphatic carbocycles. The maximum absolute atomic E-state index is 13.0. The molecule has 2 aromatic heterocycles. The van der Waals surface area contributed by atoms with Gasteiger partial charge in [-0.1, -0.05) is 41.5 Å². The molecule has 0 saturated heterocycles. The molecule has 0 bridgehead atoms. The zero-order valence-electron chi connectivity index (χ0n) is 14.6. The molecule has 134 valence electrons. The van der Waals surface area contributed by atoms with Crippen LogP contribution in [0.15, 0.2) is 65.1 Å². The molecule has 0 unspecified atom stereocenters. The minimum atomic E-state index is -0.962. The predicted molar refractivity (Wildman–Crippen MR) is 99.0 cm³/mol. The van der Waals surface area contributed by atoms with Crippen LogP contribution in [0.5, 0.6) is 0 Å². The Bertz CT molecular complexity index is 1060. The van der Waals surface area contributed by atoms with Gasteiger partial charge in [0.15, 0.2) is 0 Å². The summed E-state index contributed by atoms with van der Waals surface area (Å²) in [5.41, 5.74) is 4.32. The Morgan fingerprint density at radius 1 is 0.963 bits per heavy atom. The Balaban J connectivity index is 1.57. The highest BCUT2D eigenvalue weighted by Crippen LogP contribution is 2.23. The summed E-state index contributed by atoms with van der Waals surface area (Å²) < 4.78 is 17.8. The predicted octanol–water partition coefficient (Wildman–Crippen LogP) is 4.31. The Morgan fingerprint density at radius 3 is 2.59 bits per heavy atom. The van der Waals surface area contributed by atoms with Crippen molar-refractivity contribution in [3.63, 3.8) is 0 Å². The molecule has 4 rings (SSSR count). The summed E-state index contributed by atoms with van der Waals surface area (Å²) in [5.74, 6) is 0.612. The highest BCUT2D eigenvalue weighted by Gasteiger charge is 2.09. The van der Waals surface area contributed by atoms with E-state index >= 15 is 0 Å². The van der Waals surface area contributed by atoms with Crippen molar-refractivity contribution in [2.45, 2.75) is 13.3 Å². The van der Waals surface area contributed by atoms with Gasteiger partial charge in [-0.3, -0.25) is 0 Å². The molecule has 0 radical (unpaired) electrons. The number of aryl methyl sites for hydroxylation is 1. The summed E-state index contributed by atoms with van der Waals surface area (Å²) in [6.07, 6.45) is -0.240. The molecular formula is C20H16FN5O. The van der Waals surface area contributed by atoms with Crippen LogP contribution in [-0.2, 0) is 6.42 Å². The van der Waals surface area contributed by atoms with E-state index in [9.17, 15) is 4.39 Å². The molecule has 0 aliphatic rings. The van der Waals surface area contributed by atoms with Gasteiger partial charge in [-0.15, -0.1) is 9.49 Å². The van der Waals surface area contributed by atoms with Gasteiger partial charge in [0, 0.05) is 23.4 Å². The SMILES string of the molecule is Cc1cc(Cc2ccccc2)nc(Nc2cccc(-c3nnc(F)o3)c2)n1. The summed E-state index contributed by atoms with van der Waals surface area (Å²) in [6.45, 7) is 1.93. The van der Waals surface area contributed by atoms with E-state index in [2.05, 4.69) is 37.6 Å². The van der Waals surface area contributed by atoms with Crippen LogP contribution in [0.1, 0.15) is 17.0 Å². The summed E-state index contributed by atoms with van der Waals surface area (Å²) in [5, 5.41) is 10.1. The van der Waals surface area contributed by atoms with Crippen LogP contribution in [0.3, 0.4) is 0 Å². The van der Waals surface area contributed by atoms with Crippen LogP contribution in [0.25, 0.3) is 11.5 Å². The highest BCUT2D eigenvalue weighted by atomic mass is 19.1. The third kappa shape index (κ3) is 4.14. The maximum Gasteiger partial charge on any atom is 0.402 e. The van der Waals surface area contributed by atoms with Crippen molar-refractivity contribution in [1.29, 1.82) is 0 Å². The van der Waals surface area contributed by atoms with Crippen molar-refractivity contribution in [3.8, 4) is 11.5 Å². The van der Waals surface area contributed by atoms with Gasteiger partial charge >= 0.3 is 6.14 Å². The quantitative estimate of drug-likeness (QED) is 0.571. The van der Waals surface area contributed by atoms with E-state index in [1.165, 1.54) is 5.56 Å². The number of rotatable bonds is 5. The number of aromatic nitrogens is 4. The standard InChI is InChI=1S/C20H16FN5O/c1-13-10-17(11-14-6-3-2-4-7-14)24-20(22-13)23-16-9-5-8-15(12-16)18-25-26-19(21)27-18/h2-10,12H,11H2,1H3,(H,22,23,24). The lowest BCUT2D eigenvalue weighted by Crippen LogP contribution is -2.02. The fraction of sp³-hybridized carbons (Fsp3) is 0.100. The normalized spacial score (nSPS) is 10.7. The summed E-state index contributed by atoms with van der Waals surface area (Å²) in [7, 11) is 0. The van der Waals surface area contributed by atoms with Crippen LogP contribution in [-0.4, -0.2) is 20.2 Å². The lowest BCUT2D eigenvalue weighted by atomic mass is 10.1. The maximum atomic E-state index is 13.0. The van der Waals surface area contributed by atoms with Gasteiger partial charge in [-0.2, -0.15) is 0 Å². The molecule has 4 aromatic rings. The average Bonchev–Trinajstić information content (AvgIpc) is 3.09. The molecule has 0 aliphatic heterocycles. The van der Waals surface area contributed by atoms with Crippen molar-refractivity contribution in [2.75, 3.05) is 5.32 Å². The lowest BCUT2D eigenvalue weighted by molar-refractivity contribution is 0.343. The second-order valence-electron chi connectivity index (χ2n) is 6.05. The molecular weight excluding hydrogens is 345 g/mol. The largest absolute Gasteiger partial charge is 0.402 e. The molecule has 0 fully saturated rings. The van der Waals surface area contributed by atoms with Crippen molar-refractivity contribution in [2.24, 2.45) is 0 Å². The molecule has 7 heteroatoms. The van der Waals surface area contributed by atoms with Gasteiger partial charge in [-0.25, -0.2) is 9.97 Å². The summed E-state index contributed by atoms with van der Waals surface area (Å²) in [4.78, 5) is 9.04. The number of benzene rings is 2. The second kappa shape index (κ2) is 7.33. The fourth-order valence-electron chi connectivity index (χ4n) is 2.77. The second-order valence-corrected chi connectivity index (χ2v) is 6.05. The van der Waals surface area contributed by atoms with Gasteiger partial charge in [-0.05, 0) is 36.8 Å². The minimum Gasteiger partial charge on any atom is -0.395 e. The van der Waals surface area contributed by atoms with E-state index in [4.69, 9.17) is 4.42 Å². The number of hydrogen-bond donors (Lipinski definition) is 1. The first-order chi connectivity index (χ1) is 13.2. The zero-order chi connectivity index (χ0) is 18.6. The first-order valence-electron chi connectivity index (χ1n) is 8.41. The van der Waals surface area contributed by atoms with Gasteiger partial charge in [0.2, 0.25) is 5.95 Å². The van der Waals surface area contributed by atoms with Crippen LogP contribution in [0.2, 0.25) is 0 Å². The zero-order valence-corrected chi connectivity index (χ0v) is 14.6. The van der Waals surface area contributed by atoms with Gasteiger partial charge in [0.05, 0.1) is 5.69 Å². The van der Waals surface area contributed by atoms with Crippen LogP contribution in [0, 0.1) is 13.1 Å². The molecule has 6 nitrogen and oxygen atoms in total. The molecule has 2 aromatic carbocycles. The topological polar surface area (TPSA) is 76.7 Å². The Morgan fingerprint density at radius 2 is 1.81 bits per heavy atom. The number of nitrogens with zero attached hydrogens (tertiary/aromatic N) is 4. The molecule has 27 heavy (non-hydrogen) atoms. The van der Waals surface area contributed by atoms with E-state index < -0.39 is 6.14 Å². The Labute approximate surface area is 155 Å². The molecule has 2 heterocycles. The summed E-state index contributed by atoms with van der Waals surface area (Å²) >= 11 is 0. The average molecular weight is 361 g/mol. The third-order valence-electron chi connectivity index (χ3n) is 3.90. The number of halogens is 1.